The van der Waals surface area contributed by atoms with Crippen molar-refractivity contribution in [1.29, 1.82) is 0 Å². The predicted octanol–water partition coefficient (Wildman–Crippen LogP) is 5.55. The molecule has 1 fully saturated rings. The van der Waals surface area contributed by atoms with Gasteiger partial charge in [0.1, 0.15) is 18.0 Å². The highest BCUT2D eigenvalue weighted by molar-refractivity contribution is 6.32. The fourth-order valence-corrected chi connectivity index (χ4v) is 5.21. The number of aromatic nitrogens is 2. The van der Waals surface area contributed by atoms with Crippen molar-refractivity contribution in [3.63, 3.8) is 0 Å². The van der Waals surface area contributed by atoms with Crippen molar-refractivity contribution in [2.75, 3.05) is 32.1 Å². The lowest BCUT2D eigenvalue weighted by molar-refractivity contribution is 0.0233. The van der Waals surface area contributed by atoms with Crippen LogP contribution >= 0.6 is 11.6 Å². The normalized spacial score (nSPS) is 16.4. The number of hydrogen-bond donors (Lipinski definition) is 3. The molecule has 0 spiro atoms. The standard InChI is InChI=1S/C29H32ClN5O7/c1-29(2,3)42-28(39)35-13-10-19-22(26(35)36)24(33-20-7-5-6-18(30)25(20)40-4)23(32-19)17-8-11-31-14-21(17)41-15-16-9-12-34(16)27(37)38/h5-8,11,14,16,32-33H,9-10,12-13,15H2,1-4H3,(H,37,38)/t16-/m1/s1. The van der Waals surface area contributed by atoms with Crippen LogP contribution in [0, 0.1) is 0 Å². The Morgan fingerprint density at radius 1 is 1.24 bits per heavy atom. The zero-order valence-electron chi connectivity index (χ0n) is 23.7. The fraction of sp³-hybridized carbons (Fsp3) is 0.379. The number of aromatic amines is 1. The maximum Gasteiger partial charge on any atom is 0.417 e. The Labute approximate surface area is 247 Å². The van der Waals surface area contributed by atoms with Crippen LogP contribution in [0.25, 0.3) is 11.3 Å². The lowest BCUT2D eigenvalue weighted by Gasteiger charge is -2.38. The number of amides is 3. The molecule has 42 heavy (non-hydrogen) atoms. The number of hydrogen-bond acceptors (Lipinski definition) is 8. The molecule has 1 atom stereocenters. The molecule has 13 heteroatoms. The average Bonchev–Trinajstić information content (AvgIpc) is 3.26. The van der Waals surface area contributed by atoms with Gasteiger partial charge in [0.15, 0.2) is 5.75 Å². The maximum atomic E-state index is 13.9. The number of carbonyl (C=O) groups is 3. The van der Waals surface area contributed by atoms with Gasteiger partial charge in [0.25, 0.3) is 5.91 Å². The molecule has 0 radical (unpaired) electrons. The number of carboxylic acid groups (broad SMARTS) is 1. The molecule has 1 saturated heterocycles. The minimum atomic E-state index is -0.992. The van der Waals surface area contributed by atoms with Crippen LogP contribution in [0.15, 0.2) is 36.7 Å². The van der Waals surface area contributed by atoms with Gasteiger partial charge in [-0.05, 0) is 45.4 Å². The molecule has 2 aliphatic rings. The van der Waals surface area contributed by atoms with Crippen molar-refractivity contribution in [3.8, 4) is 22.8 Å². The van der Waals surface area contributed by atoms with E-state index in [1.54, 1.807) is 51.2 Å². The summed E-state index contributed by atoms with van der Waals surface area (Å²) in [5.74, 6) is 0.239. The molecular weight excluding hydrogens is 566 g/mol. The number of benzene rings is 1. The van der Waals surface area contributed by atoms with Crippen molar-refractivity contribution in [3.05, 3.63) is 52.9 Å². The molecule has 3 amide bonds. The second-order valence-corrected chi connectivity index (χ2v) is 11.4. The SMILES string of the molecule is COc1c(Cl)cccc1Nc1c(-c2ccncc2OC[C@H]2CCN2C(=O)O)[nH]c2c1C(=O)N(C(=O)OC(C)(C)C)CC2. The quantitative estimate of drug-likeness (QED) is 0.319. The van der Waals surface area contributed by atoms with Crippen molar-refractivity contribution in [2.45, 2.75) is 45.3 Å². The number of rotatable bonds is 7. The summed E-state index contributed by atoms with van der Waals surface area (Å²) in [4.78, 5) is 48.3. The third kappa shape index (κ3) is 5.67. The third-order valence-electron chi connectivity index (χ3n) is 7.04. The molecule has 0 aliphatic carbocycles. The molecule has 12 nitrogen and oxygen atoms in total. The Morgan fingerprint density at radius 2 is 2.02 bits per heavy atom. The molecule has 1 aromatic carbocycles. The van der Waals surface area contributed by atoms with Crippen LogP contribution in [0.3, 0.4) is 0 Å². The highest BCUT2D eigenvalue weighted by atomic mass is 35.5. The number of nitrogens with zero attached hydrogens (tertiary/aromatic N) is 3. The summed E-state index contributed by atoms with van der Waals surface area (Å²) in [7, 11) is 1.49. The largest absolute Gasteiger partial charge is 0.493 e. The highest BCUT2D eigenvalue weighted by Gasteiger charge is 2.38. The number of likely N-dealkylation sites (tertiary alicyclic amines) is 1. The number of carbonyl (C=O) groups excluding carboxylic acids is 2. The molecular formula is C29H32ClN5O7. The number of imide groups is 1. The van der Waals surface area contributed by atoms with E-state index in [9.17, 15) is 19.5 Å². The molecule has 0 bridgehead atoms. The second-order valence-electron chi connectivity index (χ2n) is 11.0. The van der Waals surface area contributed by atoms with Crippen LogP contribution in [-0.4, -0.2) is 81.4 Å². The topological polar surface area (TPSA) is 146 Å². The number of fused-ring (bicyclic) bond motifs is 1. The summed E-state index contributed by atoms with van der Waals surface area (Å²) in [5.41, 5.74) is 2.09. The Hall–Kier alpha value is -4.45. The number of pyridine rings is 1. The van der Waals surface area contributed by atoms with E-state index in [1.807, 2.05) is 0 Å². The van der Waals surface area contributed by atoms with Gasteiger partial charge in [0.2, 0.25) is 0 Å². The summed E-state index contributed by atoms with van der Waals surface area (Å²) in [6.07, 6.45) is 2.45. The van der Waals surface area contributed by atoms with Gasteiger partial charge in [-0.1, -0.05) is 17.7 Å². The smallest absolute Gasteiger partial charge is 0.417 e. The Balaban J connectivity index is 1.57. The highest BCUT2D eigenvalue weighted by Crippen LogP contribution is 2.44. The summed E-state index contributed by atoms with van der Waals surface area (Å²) in [6, 6.07) is 6.65. The number of anilines is 2. The fourth-order valence-electron chi connectivity index (χ4n) is 4.96. The summed E-state index contributed by atoms with van der Waals surface area (Å²) in [6.45, 7) is 5.94. The summed E-state index contributed by atoms with van der Waals surface area (Å²) in [5, 5.41) is 13.0. The van der Waals surface area contributed by atoms with E-state index in [0.717, 1.165) is 4.90 Å². The molecule has 222 valence electrons. The number of halogens is 1. The lowest BCUT2D eigenvalue weighted by atomic mass is 10.0. The first kappa shape index (κ1) is 29.1. The van der Waals surface area contributed by atoms with Gasteiger partial charge < -0.3 is 34.5 Å². The molecule has 0 saturated carbocycles. The first-order valence-corrected chi connectivity index (χ1v) is 13.8. The van der Waals surface area contributed by atoms with E-state index >= 15 is 0 Å². The Bertz CT molecular complexity index is 1530. The second kappa shape index (κ2) is 11.4. The van der Waals surface area contributed by atoms with E-state index < -0.39 is 23.7 Å². The van der Waals surface area contributed by atoms with Crippen LogP contribution in [-0.2, 0) is 11.2 Å². The first-order chi connectivity index (χ1) is 20.0. The molecule has 5 rings (SSSR count). The molecule has 0 unspecified atom stereocenters. The first-order valence-electron chi connectivity index (χ1n) is 13.4. The van der Waals surface area contributed by atoms with Crippen molar-refractivity contribution >= 4 is 41.1 Å². The molecule has 4 heterocycles. The summed E-state index contributed by atoms with van der Waals surface area (Å²) >= 11 is 6.39. The minimum Gasteiger partial charge on any atom is -0.493 e. The average molecular weight is 598 g/mol. The van der Waals surface area contributed by atoms with Gasteiger partial charge in [-0.25, -0.2) is 14.5 Å². The van der Waals surface area contributed by atoms with E-state index in [0.29, 0.717) is 64.2 Å². The number of methoxy groups -OCH3 is 1. The predicted molar refractivity (Wildman–Crippen MR) is 155 cm³/mol. The molecule has 3 N–H and O–H groups in total. The van der Waals surface area contributed by atoms with Gasteiger partial charge >= 0.3 is 12.2 Å². The third-order valence-corrected chi connectivity index (χ3v) is 7.34. The molecule has 2 aliphatic heterocycles. The minimum absolute atomic E-state index is 0.132. The van der Waals surface area contributed by atoms with Crippen LogP contribution in [0.5, 0.6) is 11.5 Å². The van der Waals surface area contributed by atoms with Gasteiger partial charge in [0.05, 0.1) is 47.0 Å². The molecule has 2 aromatic heterocycles. The van der Waals surface area contributed by atoms with Crippen LogP contribution in [0.2, 0.25) is 5.02 Å². The maximum absolute atomic E-state index is 13.9. The van der Waals surface area contributed by atoms with E-state index in [2.05, 4.69) is 15.3 Å². The van der Waals surface area contributed by atoms with Gasteiger partial charge in [-0.15, -0.1) is 0 Å². The zero-order valence-corrected chi connectivity index (χ0v) is 24.4. The number of para-hydroxylation sites is 1. The van der Waals surface area contributed by atoms with E-state index in [4.69, 9.17) is 25.8 Å². The van der Waals surface area contributed by atoms with Crippen molar-refractivity contribution < 1.29 is 33.7 Å². The van der Waals surface area contributed by atoms with Gasteiger partial charge in [0, 0.05) is 37.0 Å². The van der Waals surface area contributed by atoms with Crippen LogP contribution in [0.1, 0.15) is 43.2 Å². The lowest BCUT2D eigenvalue weighted by Crippen LogP contribution is -2.53. The van der Waals surface area contributed by atoms with Crippen LogP contribution < -0.4 is 14.8 Å². The van der Waals surface area contributed by atoms with Gasteiger partial charge in [-0.2, -0.15) is 0 Å². The van der Waals surface area contributed by atoms with Gasteiger partial charge in [-0.3, -0.25) is 9.78 Å². The van der Waals surface area contributed by atoms with E-state index in [-0.39, 0.29) is 24.8 Å². The van der Waals surface area contributed by atoms with Crippen molar-refractivity contribution in [2.24, 2.45) is 0 Å². The van der Waals surface area contributed by atoms with Crippen LogP contribution in [0.4, 0.5) is 21.0 Å². The monoisotopic (exact) mass is 597 g/mol. The van der Waals surface area contributed by atoms with Crippen molar-refractivity contribution in [1.82, 2.24) is 19.8 Å². The number of ether oxygens (including phenoxy) is 3. The summed E-state index contributed by atoms with van der Waals surface area (Å²) < 4.78 is 17.1. The number of H-pyrrole nitrogens is 1. The number of nitrogens with one attached hydrogen (secondary N) is 2. The zero-order chi connectivity index (χ0) is 30.2. The Morgan fingerprint density at radius 3 is 2.69 bits per heavy atom. The molecule has 3 aromatic rings. The van der Waals surface area contributed by atoms with E-state index in [1.165, 1.54) is 18.2 Å². The Kier molecular flexibility index (Phi) is 7.91.